The first-order valence-electron chi connectivity index (χ1n) is 14.8. The van der Waals surface area contributed by atoms with Crippen molar-refractivity contribution in [1.82, 2.24) is 0 Å². The number of allylic oxidation sites excluding steroid dienone is 9. The third-order valence-corrected chi connectivity index (χ3v) is 9.17. The van der Waals surface area contributed by atoms with Crippen LogP contribution in [0.15, 0.2) is 57.9 Å². The molecule has 0 saturated heterocycles. The van der Waals surface area contributed by atoms with Crippen molar-refractivity contribution in [2.24, 2.45) is 28.1 Å². The molecular weight excluding hydrogens is 500 g/mol. The number of rotatable bonds is 12. The van der Waals surface area contributed by atoms with E-state index in [4.69, 9.17) is 0 Å². The molecule has 2 aliphatic rings. The maximum absolute atomic E-state index is 15.0. The van der Waals surface area contributed by atoms with Crippen molar-refractivity contribution in [3.05, 3.63) is 57.9 Å². The van der Waals surface area contributed by atoms with E-state index in [9.17, 15) is 19.8 Å². The molecule has 2 aliphatic carbocycles. The Morgan fingerprint density at radius 1 is 0.950 bits per heavy atom. The van der Waals surface area contributed by atoms with Gasteiger partial charge in [-0.3, -0.25) is 14.4 Å². The van der Waals surface area contributed by atoms with Gasteiger partial charge in [0.15, 0.2) is 22.8 Å². The summed E-state index contributed by atoms with van der Waals surface area (Å²) in [6.45, 7) is 19.1. The number of carbonyl (C=O) groups excluding carboxylic acids is 3. The minimum Gasteiger partial charge on any atom is -0.511 e. The van der Waals surface area contributed by atoms with Gasteiger partial charge >= 0.3 is 0 Å². The van der Waals surface area contributed by atoms with Gasteiger partial charge in [-0.05, 0) is 98.3 Å². The number of carbonyl (C=O) groups is 3. The van der Waals surface area contributed by atoms with E-state index in [0.717, 1.165) is 16.7 Å². The largest absolute Gasteiger partial charge is 0.511 e. The van der Waals surface area contributed by atoms with Gasteiger partial charge in [-0.2, -0.15) is 0 Å². The zero-order valence-corrected chi connectivity index (χ0v) is 26.5. The smallest absolute Gasteiger partial charge is 0.184 e. The van der Waals surface area contributed by atoms with Gasteiger partial charge in [-0.1, -0.05) is 67.4 Å². The van der Waals surface area contributed by atoms with Crippen molar-refractivity contribution in [2.75, 3.05) is 6.61 Å². The Balaban J connectivity index is 3.09. The molecule has 2 bridgehead atoms. The molecule has 222 valence electrons. The molecule has 0 amide bonds. The Morgan fingerprint density at radius 2 is 1.52 bits per heavy atom. The van der Waals surface area contributed by atoms with Crippen molar-refractivity contribution in [3.8, 4) is 0 Å². The molecule has 0 aromatic carbocycles. The highest BCUT2D eigenvalue weighted by atomic mass is 16.3. The van der Waals surface area contributed by atoms with Gasteiger partial charge in [0.25, 0.3) is 0 Å². The Bertz CT molecular complexity index is 1160. The van der Waals surface area contributed by atoms with Crippen molar-refractivity contribution >= 4 is 17.3 Å². The summed E-state index contributed by atoms with van der Waals surface area (Å²) in [7, 11) is 0. The van der Waals surface area contributed by atoms with Crippen LogP contribution in [0.1, 0.15) is 108 Å². The molecule has 2 rings (SSSR count). The van der Waals surface area contributed by atoms with Gasteiger partial charge in [0.1, 0.15) is 5.76 Å². The summed E-state index contributed by atoms with van der Waals surface area (Å²) in [5.41, 5.74) is -0.128. The zero-order valence-electron chi connectivity index (χ0n) is 26.5. The van der Waals surface area contributed by atoms with Crippen LogP contribution in [0.4, 0.5) is 0 Å². The van der Waals surface area contributed by atoms with E-state index < -0.39 is 33.7 Å². The van der Waals surface area contributed by atoms with Crippen molar-refractivity contribution in [2.45, 2.75) is 108 Å². The van der Waals surface area contributed by atoms with Gasteiger partial charge in [-0.15, -0.1) is 0 Å². The Labute approximate surface area is 242 Å². The van der Waals surface area contributed by atoms with Crippen LogP contribution in [0.2, 0.25) is 0 Å². The summed E-state index contributed by atoms with van der Waals surface area (Å²) in [5, 5.41) is 21.5. The number of aliphatic hydroxyl groups is 2. The molecule has 0 aliphatic heterocycles. The van der Waals surface area contributed by atoms with Crippen LogP contribution in [0.5, 0.6) is 0 Å². The fourth-order valence-electron chi connectivity index (χ4n) is 6.75. The molecule has 1 saturated carbocycles. The fourth-order valence-corrected chi connectivity index (χ4v) is 6.75. The summed E-state index contributed by atoms with van der Waals surface area (Å²) in [6, 6.07) is 0. The van der Waals surface area contributed by atoms with Gasteiger partial charge < -0.3 is 10.2 Å². The average molecular weight is 553 g/mol. The standard InChI is InChI=1S/C35H52O5/c1-22(2)12-11-18-33(10)27(15-13-23(3)4)20-34(19-17-24(5)6)30(38)28(16-14-26(9)21-36)31(39)35(33,32(34)40)29(37)25(7)8/h12-14,17,25,27,36,38H,11,15-16,18-21H2,1-10H3/b26-14+/t27-,33+,34-,35+/m1/s1. The summed E-state index contributed by atoms with van der Waals surface area (Å²) < 4.78 is 0. The lowest BCUT2D eigenvalue weighted by molar-refractivity contribution is -0.180. The molecule has 0 aromatic heterocycles. The van der Waals surface area contributed by atoms with Crippen molar-refractivity contribution in [3.63, 3.8) is 0 Å². The van der Waals surface area contributed by atoms with E-state index in [0.29, 0.717) is 31.3 Å². The first-order chi connectivity index (χ1) is 18.5. The normalized spacial score (nSPS) is 28.5. The number of Topliss-reactive ketones (excluding diaryl/α,β-unsaturated/α-hetero) is 3. The first-order valence-corrected chi connectivity index (χ1v) is 14.8. The number of ketones is 3. The third kappa shape index (κ3) is 5.91. The molecule has 0 heterocycles. The second kappa shape index (κ2) is 13.0. The van der Waals surface area contributed by atoms with Crippen LogP contribution < -0.4 is 0 Å². The van der Waals surface area contributed by atoms with E-state index in [2.05, 4.69) is 12.2 Å². The highest BCUT2D eigenvalue weighted by Crippen LogP contribution is 2.67. The number of hydrogen-bond acceptors (Lipinski definition) is 5. The molecule has 0 spiro atoms. The Hall–Kier alpha value is -2.53. The SMILES string of the molecule is CC(C)=CCC[C@@]1(C)[C@H](CC=C(C)C)C[C@@]2(CC=C(C)C)C(=O)[C@]1(C(=O)C(C)C)C(=O)C(C/C=C(\C)CO)=C2O. The number of aliphatic hydroxyl groups excluding tert-OH is 2. The second-order valence-electron chi connectivity index (χ2n) is 13.4. The number of fused-ring (bicyclic) bond motifs is 2. The molecule has 0 unspecified atom stereocenters. The highest BCUT2D eigenvalue weighted by Gasteiger charge is 2.75. The maximum Gasteiger partial charge on any atom is 0.184 e. The van der Waals surface area contributed by atoms with E-state index in [1.807, 2.05) is 54.5 Å². The van der Waals surface area contributed by atoms with E-state index in [-0.39, 0.29) is 42.5 Å². The number of hydrogen-bond donors (Lipinski definition) is 2. The minimum absolute atomic E-state index is 0.0662. The topological polar surface area (TPSA) is 91.7 Å². The van der Waals surface area contributed by atoms with Gasteiger partial charge in [0.2, 0.25) is 0 Å². The lowest BCUT2D eigenvalue weighted by atomic mass is 9.38. The molecule has 0 radical (unpaired) electrons. The van der Waals surface area contributed by atoms with Crippen LogP contribution in [0, 0.1) is 28.1 Å². The predicted octanol–water partition coefficient (Wildman–Crippen LogP) is 7.96. The molecule has 0 aromatic rings. The molecule has 4 atom stereocenters. The van der Waals surface area contributed by atoms with Gasteiger partial charge in [-0.25, -0.2) is 0 Å². The summed E-state index contributed by atoms with van der Waals surface area (Å²) in [4.78, 5) is 44.3. The molecule has 1 fully saturated rings. The molecule has 5 heteroatoms. The quantitative estimate of drug-likeness (QED) is 0.189. The van der Waals surface area contributed by atoms with Gasteiger partial charge in [0.05, 0.1) is 12.0 Å². The van der Waals surface area contributed by atoms with Crippen LogP contribution in [0.3, 0.4) is 0 Å². The second-order valence-corrected chi connectivity index (χ2v) is 13.4. The van der Waals surface area contributed by atoms with Gasteiger partial charge in [0, 0.05) is 11.5 Å². The molecule has 2 N–H and O–H groups in total. The lowest BCUT2D eigenvalue weighted by Gasteiger charge is -2.61. The van der Waals surface area contributed by atoms with Crippen LogP contribution >= 0.6 is 0 Å². The van der Waals surface area contributed by atoms with Crippen LogP contribution in [-0.4, -0.2) is 34.2 Å². The molecule has 5 nitrogen and oxygen atoms in total. The Morgan fingerprint density at radius 3 is 2.02 bits per heavy atom. The summed E-state index contributed by atoms with van der Waals surface area (Å²) in [5.74, 6) is -2.25. The lowest BCUT2D eigenvalue weighted by Crippen LogP contribution is -2.71. The van der Waals surface area contributed by atoms with Crippen LogP contribution in [0.25, 0.3) is 0 Å². The van der Waals surface area contributed by atoms with Crippen LogP contribution in [-0.2, 0) is 14.4 Å². The van der Waals surface area contributed by atoms with E-state index in [1.165, 1.54) is 0 Å². The van der Waals surface area contributed by atoms with Crippen molar-refractivity contribution in [1.29, 1.82) is 0 Å². The fraction of sp³-hybridized carbons (Fsp3) is 0.629. The minimum atomic E-state index is -1.90. The average Bonchev–Trinajstić information content (AvgIpc) is 2.86. The predicted molar refractivity (Wildman–Crippen MR) is 163 cm³/mol. The third-order valence-electron chi connectivity index (χ3n) is 9.17. The molecular formula is C35H52O5. The van der Waals surface area contributed by atoms with E-state index >= 15 is 4.79 Å². The first kappa shape index (κ1) is 33.7. The summed E-state index contributed by atoms with van der Waals surface area (Å²) in [6.07, 6.45) is 10.4. The monoisotopic (exact) mass is 552 g/mol. The van der Waals surface area contributed by atoms with Crippen molar-refractivity contribution < 1.29 is 24.6 Å². The molecule has 40 heavy (non-hydrogen) atoms. The Kier molecular flexibility index (Phi) is 10.9. The summed E-state index contributed by atoms with van der Waals surface area (Å²) >= 11 is 0. The zero-order chi connectivity index (χ0) is 30.6. The highest BCUT2D eigenvalue weighted by molar-refractivity contribution is 6.33. The maximum atomic E-state index is 15.0. The van der Waals surface area contributed by atoms with E-state index in [1.54, 1.807) is 26.8 Å².